The van der Waals surface area contributed by atoms with E-state index in [0.29, 0.717) is 0 Å². The first-order chi connectivity index (χ1) is 9.67. The predicted molar refractivity (Wildman–Crippen MR) is 77.4 cm³/mol. The van der Waals surface area contributed by atoms with Gasteiger partial charge in [0, 0.05) is 11.6 Å². The van der Waals surface area contributed by atoms with Gasteiger partial charge < -0.3 is 15.4 Å². The molecule has 0 heterocycles. The molecule has 0 spiro atoms. The highest BCUT2D eigenvalue weighted by Crippen LogP contribution is 2.20. The van der Waals surface area contributed by atoms with Gasteiger partial charge in [-0.25, -0.2) is 0 Å². The van der Waals surface area contributed by atoms with Crippen molar-refractivity contribution in [2.75, 3.05) is 6.54 Å². The van der Waals surface area contributed by atoms with Crippen molar-refractivity contribution in [2.45, 2.75) is 45.9 Å². The maximum Gasteiger partial charge on any atom is 0.387 e. The van der Waals surface area contributed by atoms with Gasteiger partial charge in [0.1, 0.15) is 5.75 Å². The van der Waals surface area contributed by atoms with Gasteiger partial charge in [-0.2, -0.15) is 8.78 Å². The molecular weight excluding hydrogens is 278 g/mol. The van der Waals surface area contributed by atoms with Gasteiger partial charge in [0.2, 0.25) is 5.91 Å². The van der Waals surface area contributed by atoms with Crippen LogP contribution >= 0.6 is 0 Å². The normalized spacial score (nSPS) is 13.1. The predicted octanol–water partition coefficient (Wildman–Crippen LogP) is 2.85. The molecule has 0 saturated heterocycles. The standard InChI is InChI=1S/C15H22F2N2O2/c1-10(18-9-13(20)19-15(2,3)4)11-6-5-7-12(8-11)21-14(16)17/h5-8,10,14,18H,9H2,1-4H3,(H,19,20)/t10-/m0/s1. The number of rotatable bonds is 6. The van der Waals surface area contributed by atoms with E-state index in [1.807, 2.05) is 27.7 Å². The second kappa shape index (κ2) is 7.36. The number of alkyl halides is 2. The number of amides is 1. The van der Waals surface area contributed by atoms with Gasteiger partial charge in [-0.05, 0) is 45.4 Å². The van der Waals surface area contributed by atoms with Crippen molar-refractivity contribution in [3.05, 3.63) is 29.8 Å². The largest absolute Gasteiger partial charge is 0.435 e. The molecule has 0 radical (unpaired) electrons. The molecule has 1 amide bonds. The highest BCUT2D eigenvalue weighted by molar-refractivity contribution is 5.78. The number of halogens is 2. The number of hydrogen-bond donors (Lipinski definition) is 2. The Morgan fingerprint density at radius 1 is 1.33 bits per heavy atom. The zero-order valence-electron chi connectivity index (χ0n) is 12.7. The molecule has 0 aliphatic heterocycles. The zero-order chi connectivity index (χ0) is 16.0. The summed E-state index contributed by atoms with van der Waals surface area (Å²) in [7, 11) is 0. The van der Waals surface area contributed by atoms with Crippen LogP contribution in [0.3, 0.4) is 0 Å². The molecule has 6 heteroatoms. The van der Waals surface area contributed by atoms with Crippen LogP contribution in [0, 0.1) is 0 Å². The lowest BCUT2D eigenvalue weighted by atomic mass is 10.1. The Morgan fingerprint density at radius 3 is 2.57 bits per heavy atom. The number of ether oxygens (including phenoxy) is 1. The summed E-state index contributed by atoms with van der Waals surface area (Å²) in [4.78, 5) is 11.7. The highest BCUT2D eigenvalue weighted by Gasteiger charge is 2.15. The molecule has 0 aromatic heterocycles. The monoisotopic (exact) mass is 300 g/mol. The topological polar surface area (TPSA) is 50.4 Å². The lowest BCUT2D eigenvalue weighted by Gasteiger charge is -2.22. The summed E-state index contributed by atoms with van der Waals surface area (Å²) in [6, 6.07) is 6.27. The molecule has 1 aromatic carbocycles. The van der Waals surface area contributed by atoms with E-state index in [1.165, 1.54) is 12.1 Å². The Hall–Kier alpha value is -1.69. The maximum atomic E-state index is 12.2. The quantitative estimate of drug-likeness (QED) is 0.849. The fraction of sp³-hybridized carbons (Fsp3) is 0.533. The van der Waals surface area contributed by atoms with Crippen LogP contribution in [0.4, 0.5) is 8.78 Å². The average Bonchev–Trinajstić information content (AvgIpc) is 2.33. The molecule has 1 atom stereocenters. The van der Waals surface area contributed by atoms with Crippen LogP contribution < -0.4 is 15.4 Å². The number of nitrogens with one attached hydrogen (secondary N) is 2. The molecule has 0 fully saturated rings. The molecule has 4 nitrogen and oxygen atoms in total. The molecule has 0 aliphatic rings. The minimum atomic E-state index is -2.85. The van der Waals surface area contributed by atoms with E-state index in [-0.39, 0.29) is 29.8 Å². The van der Waals surface area contributed by atoms with Gasteiger partial charge in [0.05, 0.1) is 6.54 Å². The van der Waals surface area contributed by atoms with Crippen LogP contribution in [0.1, 0.15) is 39.3 Å². The molecule has 0 unspecified atom stereocenters. The lowest BCUT2D eigenvalue weighted by Crippen LogP contribution is -2.45. The number of hydrogen-bond acceptors (Lipinski definition) is 3. The van der Waals surface area contributed by atoms with E-state index in [0.717, 1.165) is 5.56 Å². The summed E-state index contributed by atoms with van der Waals surface area (Å²) in [6.45, 7) is 4.86. The SMILES string of the molecule is C[C@H](NCC(=O)NC(C)(C)C)c1cccc(OC(F)F)c1. The molecule has 0 saturated carbocycles. The van der Waals surface area contributed by atoms with E-state index in [9.17, 15) is 13.6 Å². The van der Waals surface area contributed by atoms with Crippen LogP contribution in [0.15, 0.2) is 24.3 Å². The van der Waals surface area contributed by atoms with Gasteiger partial charge in [-0.15, -0.1) is 0 Å². The number of benzene rings is 1. The smallest absolute Gasteiger partial charge is 0.387 e. The Balaban J connectivity index is 2.55. The van der Waals surface area contributed by atoms with Crippen LogP contribution in [0.25, 0.3) is 0 Å². The second-order valence-corrected chi connectivity index (χ2v) is 5.85. The van der Waals surface area contributed by atoms with Crippen molar-refractivity contribution in [3.8, 4) is 5.75 Å². The number of carbonyl (C=O) groups is 1. The third-order valence-corrected chi connectivity index (χ3v) is 2.67. The summed E-state index contributed by atoms with van der Waals surface area (Å²) >= 11 is 0. The first-order valence-corrected chi connectivity index (χ1v) is 6.76. The van der Waals surface area contributed by atoms with Crippen molar-refractivity contribution in [2.24, 2.45) is 0 Å². The van der Waals surface area contributed by atoms with Gasteiger partial charge in [-0.3, -0.25) is 4.79 Å². The summed E-state index contributed by atoms with van der Waals surface area (Å²) in [5.41, 5.74) is 0.490. The van der Waals surface area contributed by atoms with Crippen molar-refractivity contribution in [3.63, 3.8) is 0 Å². The van der Waals surface area contributed by atoms with Crippen LogP contribution in [-0.4, -0.2) is 24.6 Å². The fourth-order valence-electron chi connectivity index (χ4n) is 1.79. The lowest BCUT2D eigenvalue weighted by molar-refractivity contribution is -0.121. The minimum absolute atomic E-state index is 0.107. The second-order valence-electron chi connectivity index (χ2n) is 5.85. The molecule has 2 N–H and O–H groups in total. The average molecular weight is 300 g/mol. The molecule has 0 aliphatic carbocycles. The molecule has 0 bridgehead atoms. The van der Waals surface area contributed by atoms with Crippen molar-refractivity contribution in [1.29, 1.82) is 0 Å². The summed E-state index contributed by atoms with van der Waals surface area (Å²) in [6.07, 6.45) is 0. The highest BCUT2D eigenvalue weighted by atomic mass is 19.3. The summed E-state index contributed by atoms with van der Waals surface area (Å²) in [5, 5.41) is 5.88. The van der Waals surface area contributed by atoms with Gasteiger partial charge in [0.15, 0.2) is 0 Å². The van der Waals surface area contributed by atoms with E-state index in [2.05, 4.69) is 15.4 Å². The van der Waals surface area contributed by atoms with Crippen LogP contribution in [-0.2, 0) is 4.79 Å². The Morgan fingerprint density at radius 2 is 2.00 bits per heavy atom. The van der Waals surface area contributed by atoms with E-state index in [1.54, 1.807) is 12.1 Å². The Bertz CT molecular complexity index is 473. The van der Waals surface area contributed by atoms with Gasteiger partial charge in [0.25, 0.3) is 0 Å². The Labute approximate surface area is 123 Å². The molecule has 21 heavy (non-hydrogen) atoms. The van der Waals surface area contributed by atoms with E-state index in [4.69, 9.17) is 0 Å². The Kier molecular flexibility index (Phi) is 6.08. The summed E-state index contributed by atoms with van der Waals surface area (Å²) in [5.74, 6) is -0.00960. The summed E-state index contributed by atoms with van der Waals surface area (Å²) < 4.78 is 28.7. The number of carbonyl (C=O) groups excluding carboxylic acids is 1. The van der Waals surface area contributed by atoms with Crippen molar-refractivity contribution < 1.29 is 18.3 Å². The van der Waals surface area contributed by atoms with E-state index >= 15 is 0 Å². The third kappa shape index (κ3) is 7.04. The minimum Gasteiger partial charge on any atom is -0.435 e. The third-order valence-electron chi connectivity index (χ3n) is 2.67. The zero-order valence-corrected chi connectivity index (χ0v) is 12.7. The molecule has 118 valence electrons. The first kappa shape index (κ1) is 17.4. The molecule has 1 rings (SSSR count). The maximum absolute atomic E-state index is 12.2. The van der Waals surface area contributed by atoms with Crippen LogP contribution in [0.5, 0.6) is 5.75 Å². The first-order valence-electron chi connectivity index (χ1n) is 6.76. The molecule has 1 aromatic rings. The van der Waals surface area contributed by atoms with Crippen LogP contribution in [0.2, 0.25) is 0 Å². The van der Waals surface area contributed by atoms with E-state index < -0.39 is 6.61 Å². The van der Waals surface area contributed by atoms with Crippen molar-refractivity contribution in [1.82, 2.24) is 10.6 Å². The van der Waals surface area contributed by atoms with Gasteiger partial charge >= 0.3 is 6.61 Å². The van der Waals surface area contributed by atoms with Crippen molar-refractivity contribution >= 4 is 5.91 Å². The fourth-order valence-corrected chi connectivity index (χ4v) is 1.79. The molecular formula is C15H22F2N2O2. The van der Waals surface area contributed by atoms with Gasteiger partial charge in [-0.1, -0.05) is 12.1 Å².